The highest BCUT2D eigenvalue weighted by molar-refractivity contribution is 6.36. The summed E-state index contributed by atoms with van der Waals surface area (Å²) >= 11 is 12.1. The molecule has 2 aliphatic heterocycles. The van der Waals surface area contributed by atoms with Crippen LogP contribution in [-0.2, 0) is 9.59 Å². The molecule has 2 aliphatic rings. The molecule has 1 saturated heterocycles. The lowest BCUT2D eigenvalue weighted by Crippen LogP contribution is -2.61. The molecule has 1 aromatic rings. The van der Waals surface area contributed by atoms with Gasteiger partial charge in [-0.2, -0.15) is 0 Å². The number of anilines is 1. The molecular weight excluding hydrogens is 385 g/mol. The lowest BCUT2D eigenvalue weighted by Gasteiger charge is -2.31. The monoisotopic (exact) mass is 398 g/mol. The van der Waals surface area contributed by atoms with Crippen LogP contribution in [0.15, 0.2) is 23.2 Å². The number of halogens is 2. The van der Waals surface area contributed by atoms with E-state index in [2.05, 4.69) is 10.3 Å². The van der Waals surface area contributed by atoms with E-state index >= 15 is 0 Å². The van der Waals surface area contributed by atoms with Crippen molar-refractivity contribution in [1.82, 2.24) is 9.80 Å². The Hall–Kier alpha value is -2.65. The van der Waals surface area contributed by atoms with Crippen LogP contribution in [0.3, 0.4) is 0 Å². The molecule has 1 unspecified atom stereocenters. The minimum Gasteiger partial charge on any atom is -0.479 e. The molecule has 3 amide bonds. The summed E-state index contributed by atoms with van der Waals surface area (Å²) in [6.07, 6.45) is 0. The largest absolute Gasteiger partial charge is 0.479 e. The number of likely N-dealkylation sites (N-methyl/N-ethyl adjacent to an activating group) is 2. The van der Waals surface area contributed by atoms with E-state index in [0.29, 0.717) is 15.7 Å². The number of amides is 3. The summed E-state index contributed by atoms with van der Waals surface area (Å²) < 4.78 is 1.26. The Kier molecular flexibility index (Phi) is 4.59. The van der Waals surface area contributed by atoms with Crippen molar-refractivity contribution in [2.75, 3.05) is 26.0 Å². The van der Waals surface area contributed by atoms with Gasteiger partial charge < -0.3 is 5.11 Å². The summed E-state index contributed by atoms with van der Waals surface area (Å²) in [5, 5.41) is 12.9. The first-order valence-corrected chi connectivity index (χ1v) is 8.17. The number of carboxylic acids is 1. The van der Waals surface area contributed by atoms with Crippen LogP contribution in [0.2, 0.25) is 10.0 Å². The molecule has 26 heavy (non-hydrogen) atoms. The predicted octanol–water partition coefficient (Wildman–Crippen LogP) is 1.16. The van der Waals surface area contributed by atoms with E-state index in [0.717, 1.165) is 4.90 Å². The van der Waals surface area contributed by atoms with Crippen LogP contribution < -0.4 is 5.32 Å². The zero-order chi connectivity index (χ0) is 19.2. The standard InChI is InChI=1S/C15H13Cl2N5O4/c1-20-12-11(13(25)21(2)15(20)26)22(6-10(23)24)14(19-12)18-9-5-7(16)3-4-8(9)17/h3-5,11H,6H2,1-2H3,(H,23,24)/p+1. The van der Waals surface area contributed by atoms with Crippen LogP contribution >= 0.6 is 23.2 Å². The number of fused-ring (bicyclic) bond motifs is 1. The first-order chi connectivity index (χ1) is 12.2. The summed E-state index contributed by atoms with van der Waals surface area (Å²) in [7, 11) is 2.79. The van der Waals surface area contributed by atoms with Gasteiger partial charge in [-0.1, -0.05) is 28.2 Å². The van der Waals surface area contributed by atoms with Crippen LogP contribution in [0, 0.1) is 0 Å². The molecule has 2 N–H and O–H groups in total. The lowest BCUT2D eigenvalue weighted by atomic mass is 10.1. The summed E-state index contributed by atoms with van der Waals surface area (Å²) in [5.41, 5.74) is 0.391. The van der Waals surface area contributed by atoms with Crippen molar-refractivity contribution in [2.45, 2.75) is 6.04 Å². The van der Waals surface area contributed by atoms with E-state index in [1.54, 1.807) is 18.2 Å². The van der Waals surface area contributed by atoms with Gasteiger partial charge in [-0.3, -0.25) is 14.6 Å². The molecule has 1 atom stereocenters. The number of nitrogens with zero attached hydrogens (tertiary/aromatic N) is 4. The Morgan fingerprint density at radius 1 is 1.31 bits per heavy atom. The number of imide groups is 1. The van der Waals surface area contributed by atoms with Gasteiger partial charge in [0.2, 0.25) is 11.9 Å². The van der Waals surface area contributed by atoms with Gasteiger partial charge in [0.05, 0.1) is 5.02 Å². The molecule has 0 aromatic heterocycles. The minimum atomic E-state index is -1.16. The van der Waals surface area contributed by atoms with E-state index in [4.69, 9.17) is 23.2 Å². The fourth-order valence-electron chi connectivity index (χ4n) is 2.72. The van der Waals surface area contributed by atoms with Crippen molar-refractivity contribution < 1.29 is 24.1 Å². The first-order valence-electron chi connectivity index (χ1n) is 7.42. The van der Waals surface area contributed by atoms with E-state index in [1.807, 2.05) is 0 Å². The highest BCUT2D eigenvalue weighted by Crippen LogP contribution is 2.27. The van der Waals surface area contributed by atoms with Crippen molar-refractivity contribution >= 4 is 58.6 Å². The highest BCUT2D eigenvalue weighted by Gasteiger charge is 2.51. The number of carbonyl (C=O) groups excluding carboxylic acids is 2. The van der Waals surface area contributed by atoms with Crippen LogP contribution in [-0.4, -0.2) is 75.9 Å². The number of hydrogen-bond acceptors (Lipinski definition) is 5. The smallest absolute Gasteiger partial charge is 0.395 e. The van der Waals surface area contributed by atoms with E-state index in [1.165, 1.54) is 23.6 Å². The molecule has 0 spiro atoms. The summed E-state index contributed by atoms with van der Waals surface area (Å²) in [4.78, 5) is 42.4. The molecular formula is C15H14Cl2N5O4+. The molecule has 136 valence electrons. The van der Waals surface area contributed by atoms with Gasteiger partial charge in [0.15, 0.2) is 6.54 Å². The number of hydrogen-bond donors (Lipinski definition) is 2. The Morgan fingerprint density at radius 3 is 2.65 bits per heavy atom. The number of urea groups is 1. The SMILES string of the molecule is CN1C(=O)C2C(=NC(Nc3cc(Cl)ccc3Cl)=[N+]2CC(=O)O)N(C)C1=O. The fraction of sp³-hybridized carbons (Fsp3) is 0.267. The van der Waals surface area contributed by atoms with Gasteiger partial charge in [-0.05, 0) is 18.2 Å². The lowest BCUT2D eigenvalue weighted by molar-refractivity contribution is -0.525. The zero-order valence-electron chi connectivity index (χ0n) is 13.7. The van der Waals surface area contributed by atoms with Crippen LogP contribution in [0.5, 0.6) is 0 Å². The van der Waals surface area contributed by atoms with E-state index in [-0.39, 0.29) is 11.8 Å². The molecule has 3 rings (SSSR count). The van der Waals surface area contributed by atoms with Gasteiger partial charge in [0.25, 0.3) is 5.91 Å². The van der Waals surface area contributed by atoms with E-state index in [9.17, 15) is 19.5 Å². The molecule has 11 heteroatoms. The van der Waals surface area contributed by atoms with E-state index < -0.39 is 30.5 Å². The second-order valence-electron chi connectivity index (χ2n) is 5.71. The maximum absolute atomic E-state index is 12.5. The number of guanidine groups is 1. The van der Waals surface area contributed by atoms with Crippen molar-refractivity contribution in [3.8, 4) is 0 Å². The maximum atomic E-state index is 12.5. The number of aliphatic imine (C=N–C) groups is 1. The minimum absolute atomic E-state index is 0.0832. The summed E-state index contributed by atoms with van der Waals surface area (Å²) in [6.45, 7) is -0.500. The second kappa shape index (κ2) is 6.58. The third-order valence-electron chi connectivity index (χ3n) is 4.01. The molecule has 0 saturated carbocycles. The molecule has 9 nitrogen and oxygen atoms in total. The molecule has 1 fully saturated rings. The van der Waals surface area contributed by atoms with Crippen molar-refractivity contribution in [2.24, 2.45) is 4.99 Å². The molecule has 0 aliphatic carbocycles. The maximum Gasteiger partial charge on any atom is 0.395 e. The number of aliphatic carboxylic acids is 1. The fourth-order valence-corrected chi connectivity index (χ4v) is 3.06. The Morgan fingerprint density at radius 2 is 2.00 bits per heavy atom. The molecule has 2 heterocycles. The average molecular weight is 399 g/mol. The number of carboxylic acid groups (broad SMARTS) is 1. The summed E-state index contributed by atoms with van der Waals surface area (Å²) in [6, 6.07) is 3.13. The predicted molar refractivity (Wildman–Crippen MR) is 95.0 cm³/mol. The number of benzene rings is 1. The van der Waals surface area contributed by atoms with Crippen molar-refractivity contribution in [1.29, 1.82) is 0 Å². The second-order valence-corrected chi connectivity index (χ2v) is 6.55. The topological polar surface area (TPSA) is 105 Å². The van der Waals surface area contributed by atoms with Crippen LogP contribution in [0.4, 0.5) is 10.5 Å². The van der Waals surface area contributed by atoms with Crippen molar-refractivity contribution in [3.63, 3.8) is 0 Å². The third-order valence-corrected chi connectivity index (χ3v) is 4.58. The number of carbonyl (C=O) groups is 3. The molecule has 0 bridgehead atoms. The average Bonchev–Trinajstić information content (AvgIpc) is 2.92. The number of nitrogens with one attached hydrogen (secondary N) is 1. The number of amidine groups is 1. The first kappa shape index (κ1) is 18.2. The zero-order valence-corrected chi connectivity index (χ0v) is 15.2. The third kappa shape index (κ3) is 2.99. The Labute approximate surface area is 158 Å². The summed E-state index contributed by atoms with van der Waals surface area (Å²) in [5.74, 6) is -1.50. The van der Waals surface area contributed by atoms with Gasteiger partial charge in [-0.25, -0.2) is 19.5 Å². The quantitative estimate of drug-likeness (QED) is 0.743. The van der Waals surface area contributed by atoms with Gasteiger partial charge >= 0.3 is 18.0 Å². The van der Waals surface area contributed by atoms with Crippen molar-refractivity contribution in [3.05, 3.63) is 28.2 Å². The van der Waals surface area contributed by atoms with Gasteiger partial charge in [-0.15, -0.1) is 0 Å². The molecule has 1 aromatic carbocycles. The van der Waals surface area contributed by atoms with Gasteiger partial charge in [0, 0.05) is 19.1 Å². The molecule has 0 radical (unpaired) electrons. The van der Waals surface area contributed by atoms with Gasteiger partial charge in [0.1, 0.15) is 5.69 Å². The Balaban J connectivity index is 2.08. The Bertz CT molecular complexity index is 898. The normalized spacial score (nSPS) is 19.7. The highest BCUT2D eigenvalue weighted by atomic mass is 35.5. The number of rotatable bonds is 3. The van der Waals surface area contributed by atoms with Crippen LogP contribution in [0.1, 0.15) is 0 Å². The van der Waals surface area contributed by atoms with Crippen LogP contribution in [0.25, 0.3) is 0 Å².